The SMILES string of the molecule is C=Nc1cc(C(F)(F)F)c2c(Nc3ccc(F)cc3OC3CCOC3)ncnc2c1. The third kappa shape index (κ3) is 4.04. The molecule has 0 spiro atoms. The van der Waals surface area contributed by atoms with Crippen LogP contribution in [0.3, 0.4) is 0 Å². The van der Waals surface area contributed by atoms with Gasteiger partial charge in [-0.05, 0) is 31.0 Å². The predicted octanol–water partition coefficient (Wildman–Crippen LogP) is 5.03. The molecule has 0 radical (unpaired) electrons. The number of ether oxygens (including phenoxy) is 2. The van der Waals surface area contributed by atoms with Gasteiger partial charge in [-0.1, -0.05) is 0 Å². The van der Waals surface area contributed by atoms with Crippen LogP contribution in [0.15, 0.2) is 41.7 Å². The number of nitrogens with zero attached hydrogens (tertiary/aromatic N) is 3. The zero-order chi connectivity index (χ0) is 21.3. The number of hydrogen-bond donors (Lipinski definition) is 1. The van der Waals surface area contributed by atoms with Gasteiger partial charge in [0.05, 0.1) is 41.1 Å². The average molecular weight is 420 g/mol. The normalized spacial score (nSPS) is 16.6. The second-order valence-electron chi connectivity index (χ2n) is 6.63. The maximum atomic E-state index is 13.8. The number of rotatable bonds is 5. The molecule has 10 heteroatoms. The molecule has 1 unspecified atom stereocenters. The van der Waals surface area contributed by atoms with Crippen LogP contribution in [0, 0.1) is 5.82 Å². The van der Waals surface area contributed by atoms with Gasteiger partial charge in [-0.2, -0.15) is 13.2 Å². The van der Waals surface area contributed by atoms with Crippen LogP contribution in [0.5, 0.6) is 5.75 Å². The highest BCUT2D eigenvalue weighted by molar-refractivity contribution is 5.96. The lowest BCUT2D eigenvalue weighted by atomic mass is 10.1. The Morgan fingerprint density at radius 3 is 2.73 bits per heavy atom. The third-order valence-electron chi connectivity index (χ3n) is 4.59. The number of halogens is 4. The molecule has 1 saturated heterocycles. The molecule has 0 saturated carbocycles. The van der Waals surface area contributed by atoms with E-state index in [1.807, 2.05) is 0 Å². The topological polar surface area (TPSA) is 68.6 Å². The molecule has 1 aliphatic heterocycles. The Balaban J connectivity index is 1.80. The highest BCUT2D eigenvalue weighted by Gasteiger charge is 2.35. The zero-order valence-electron chi connectivity index (χ0n) is 15.5. The van der Waals surface area contributed by atoms with Crippen molar-refractivity contribution in [3.8, 4) is 5.75 Å². The van der Waals surface area contributed by atoms with Crippen LogP contribution in [-0.2, 0) is 10.9 Å². The summed E-state index contributed by atoms with van der Waals surface area (Å²) < 4.78 is 66.0. The monoisotopic (exact) mass is 420 g/mol. The summed E-state index contributed by atoms with van der Waals surface area (Å²) in [6.07, 6.45) is -3.20. The molecule has 0 bridgehead atoms. The first kappa shape index (κ1) is 20.0. The number of aromatic nitrogens is 2. The van der Waals surface area contributed by atoms with Crippen molar-refractivity contribution in [1.29, 1.82) is 0 Å². The smallest absolute Gasteiger partial charge is 0.417 e. The van der Waals surface area contributed by atoms with Crippen molar-refractivity contribution in [2.45, 2.75) is 18.7 Å². The summed E-state index contributed by atoms with van der Waals surface area (Å²) in [5, 5.41) is 2.60. The fraction of sp³-hybridized carbons (Fsp3) is 0.250. The molecule has 6 nitrogen and oxygen atoms in total. The molecule has 1 atom stereocenters. The highest BCUT2D eigenvalue weighted by Crippen LogP contribution is 2.41. The van der Waals surface area contributed by atoms with Crippen molar-refractivity contribution in [2.75, 3.05) is 18.5 Å². The van der Waals surface area contributed by atoms with Crippen LogP contribution < -0.4 is 10.1 Å². The second-order valence-corrected chi connectivity index (χ2v) is 6.63. The fourth-order valence-electron chi connectivity index (χ4n) is 3.20. The molecule has 1 aromatic heterocycles. The largest absolute Gasteiger partial charge is 0.486 e. The Bertz CT molecular complexity index is 1100. The number of anilines is 2. The van der Waals surface area contributed by atoms with Crippen LogP contribution in [-0.4, -0.2) is 36.0 Å². The van der Waals surface area contributed by atoms with Gasteiger partial charge >= 0.3 is 6.18 Å². The van der Waals surface area contributed by atoms with Crippen LogP contribution in [0.1, 0.15) is 12.0 Å². The Hall–Kier alpha value is -3.27. The lowest BCUT2D eigenvalue weighted by molar-refractivity contribution is -0.136. The Morgan fingerprint density at radius 1 is 1.20 bits per heavy atom. The van der Waals surface area contributed by atoms with Crippen LogP contribution in [0.4, 0.5) is 34.8 Å². The molecular weight excluding hydrogens is 404 g/mol. The lowest BCUT2D eigenvalue weighted by Crippen LogP contribution is -2.16. The molecule has 30 heavy (non-hydrogen) atoms. The van der Waals surface area contributed by atoms with Crippen LogP contribution in [0.25, 0.3) is 10.9 Å². The van der Waals surface area contributed by atoms with Crippen LogP contribution >= 0.6 is 0 Å². The van der Waals surface area contributed by atoms with Gasteiger partial charge in [0.25, 0.3) is 0 Å². The quantitative estimate of drug-likeness (QED) is 0.463. The van der Waals surface area contributed by atoms with E-state index in [1.165, 1.54) is 18.2 Å². The number of aliphatic imine (C=N–C) groups is 1. The lowest BCUT2D eigenvalue weighted by Gasteiger charge is -2.18. The molecule has 1 aliphatic rings. The molecule has 2 aromatic carbocycles. The summed E-state index contributed by atoms with van der Waals surface area (Å²) in [6, 6.07) is 5.97. The van der Waals surface area contributed by atoms with Crippen LogP contribution in [0.2, 0.25) is 0 Å². The summed E-state index contributed by atoms with van der Waals surface area (Å²) in [5.41, 5.74) is -0.619. The Kier molecular flexibility index (Phi) is 5.25. The number of alkyl halides is 3. The van der Waals surface area contributed by atoms with Crippen molar-refractivity contribution in [3.05, 3.63) is 48.0 Å². The molecule has 3 aromatic rings. The van der Waals surface area contributed by atoms with E-state index in [9.17, 15) is 17.6 Å². The first-order chi connectivity index (χ1) is 14.3. The van der Waals surface area contributed by atoms with Gasteiger partial charge in [-0.25, -0.2) is 14.4 Å². The number of benzene rings is 2. The van der Waals surface area contributed by atoms with E-state index in [0.717, 1.165) is 18.5 Å². The van der Waals surface area contributed by atoms with Gasteiger partial charge in [0.15, 0.2) is 0 Å². The zero-order valence-corrected chi connectivity index (χ0v) is 15.5. The molecule has 1 N–H and O–H groups in total. The van der Waals surface area contributed by atoms with Gasteiger partial charge in [-0.3, -0.25) is 4.99 Å². The van der Waals surface area contributed by atoms with Crippen molar-refractivity contribution >= 4 is 34.8 Å². The summed E-state index contributed by atoms with van der Waals surface area (Å²) in [6.45, 7) is 4.15. The van der Waals surface area contributed by atoms with E-state index in [1.54, 1.807) is 0 Å². The van der Waals surface area contributed by atoms with E-state index in [4.69, 9.17) is 9.47 Å². The van der Waals surface area contributed by atoms with Gasteiger partial charge < -0.3 is 14.8 Å². The number of hydrogen-bond acceptors (Lipinski definition) is 6. The minimum Gasteiger partial charge on any atom is -0.486 e. The molecule has 0 aliphatic carbocycles. The standard InChI is InChI=1S/C20H16F4N4O2/c1-25-12-7-14(20(22,23)24)18-16(8-12)26-10-27-19(18)28-15-3-2-11(21)6-17(15)30-13-4-5-29-9-13/h2-3,6-8,10,13H,1,4-5,9H2,(H,26,27,28). The summed E-state index contributed by atoms with van der Waals surface area (Å²) in [5.74, 6) is -0.489. The van der Waals surface area contributed by atoms with Gasteiger partial charge in [0.2, 0.25) is 0 Å². The maximum absolute atomic E-state index is 13.8. The molecular formula is C20H16F4N4O2. The van der Waals surface area contributed by atoms with Crippen molar-refractivity contribution in [2.24, 2.45) is 4.99 Å². The minimum atomic E-state index is -4.68. The first-order valence-corrected chi connectivity index (χ1v) is 8.99. The molecule has 1 fully saturated rings. The molecule has 156 valence electrons. The summed E-state index contributed by atoms with van der Waals surface area (Å²) in [7, 11) is 0. The van der Waals surface area contributed by atoms with Crippen molar-refractivity contribution in [1.82, 2.24) is 9.97 Å². The van der Waals surface area contributed by atoms with E-state index >= 15 is 0 Å². The second kappa shape index (κ2) is 7.86. The molecule has 0 amide bonds. The van der Waals surface area contributed by atoms with Crippen molar-refractivity contribution < 1.29 is 27.0 Å². The number of fused-ring (bicyclic) bond motifs is 1. The van der Waals surface area contributed by atoms with Gasteiger partial charge in [0, 0.05) is 12.5 Å². The third-order valence-corrected chi connectivity index (χ3v) is 4.59. The average Bonchev–Trinajstić information content (AvgIpc) is 3.21. The van der Waals surface area contributed by atoms with E-state index < -0.39 is 17.6 Å². The van der Waals surface area contributed by atoms with Gasteiger partial charge in [-0.15, -0.1) is 0 Å². The Labute approximate surface area is 168 Å². The predicted molar refractivity (Wildman–Crippen MR) is 103 cm³/mol. The maximum Gasteiger partial charge on any atom is 0.417 e. The molecule has 4 rings (SSSR count). The molecule has 2 heterocycles. The fourth-order valence-corrected chi connectivity index (χ4v) is 3.20. The Morgan fingerprint density at radius 2 is 2.03 bits per heavy atom. The minimum absolute atomic E-state index is 0.0338. The van der Waals surface area contributed by atoms with Gasteiger partial charge in [0.1, 0.15) is 29.8 Å². The summed E-state index contributed by atoms with van der Waals surface area (Å²) >= 11 is 0. The summed E-state index contributed by atoms with van der Waals surface area (Å²) in [4.78, 5) is 11.5. The van der Waals surface area contributed by atoms with E-state index in [-0.39, 0.29) is 39.9 Å². The van der Waals surface area contributed by atoms with Crippen molar-refractivity contribution in [3.63, 3.8) is 0 Å². The van der Waals surface area contributed by atoms with E-state index in [0.29, 0.717) is 19.6 Å². The van der Waals surface area contributed by atoms with E-state index in [2.05, 4.69) is 27.0 Å². The highest BCUT2D eigenvalue weighted by atomic mass is 19.4. The number of nitrogens with one attached hydrogen (secondary N) is 1. The first-order valence-electron chi connectivity index (χ1n) is 8.99.